The Hall–Kier alpha value is -1.24. The van der Waals surface area contributed by atoms with Gasteiger partial charge in [-0.2, -0.15) is 0 Å². The summed E-state index contributed by atoms with van der Waals surface area (Å²) in [6, 6.07) is 8.39. The molecule has 0 spiro atoms. The molecule has 0 amide bonds. The summed E-state index contributed by atoms with van der Waals surface area (Å²) >= 11 is 0. The van der Waals surface area contributed by atoms with E-state index in [0.29, 0.717) is 5.92 Å². The van der Waals surface area contributed by atoms with Crippen molar-refractivity contribution in [1.29, 1.82) is 0 Å². The predicted molar refractivity (Wildman–Crippen MR) is 68.0 cm³/mol. The monoisotopic (exact) mass is 216 g/mol. The van der Waals surface area contributed by atoms with Crippen molar-refractivity contribution in [3.8, 4) is 5.75 Å². The Morgan fingerprint density at radius 3 is 2.88 bits per heavy atom. The molecular weight excluding hydrogens is 196 g/mol. The summed E-state index contributed by atoms with van der Waals surface area (Å²) in [7, 11) is 1.76. The minimum Gasteiger partial charge on any atom is -0.496 e. The van der Waals surface area contributed by atoms with Crippen molar-refractivity contribution in [2.75, 3.05) is 7.11 Å². The molecule has 1 aliphatic rings. The molecule has 1 aromatic carbocycles. The molecule has 0 radical (unpaired) electrons. The third kappa shape index (κ3) is 2.66. The number of hydrogen-bond donors (Lipinski definition) is 0. The highest BCUT2D eigenvalue weighted by atomic mass is 16.5. The average molecular weight is 216 g/mol. The van der Waals surface area contributed by atoms with E-state index >= 15 is 0 Å². The zero-order valence-corrected chi connectivity index (χ0v) is 9.99. The SMILES string of the molecule is COc1ccccc1C1/C=C\CCCCC1. The summed E-state index contributed by atoms with van der Waals surface area (Å²) in [5.74, 6) is 1.56. The van der Waals surface area contributed by atoms with E-state index in [0.717, 1.165) is 5.75 Å². The van der Waals surface area contributed by atoms with Crippen molar-refractivity contribution < 1.29 is 4.74 Å². The van der Waals surface area contributed by atoms with Crippen LogP contribution in [0, 0.1) is 0 Å². The quantitative estimate of drug-likeness (QED) is 0.670. The van der Waals surface area contributed by atoms with E-state index in [4.69, 9.17) is 4.74 Å². The first kappa shape index (κ1) is 11.3. The lowest BCUT2D eigenvalue weighted by Gasteiger charge is -2.18. The largest absolute Gasteiger partial charge is 0.496 e. The van der Waals surface area contributed by atoms with E-state index < -0.39 is 0 Å². The van der Waals surface area contributed by atoms with Crippen LogP contribution in [-0.2, 0) is 0 Å². The molecule has 16 heavy (non-hydrogen) atoms. The van der Waals surface area contributed by atoms with Crippen LogP contribution in [0.3, 0.4) is 0 Å². The molecule has 1 atom stereocenters. The fourth-order valence-corrected chi connectivity index (χ4v) is 2.39. The number of hydrogen-bond acceptors (Lipinski definition) is 1. The molecule has 0 bridgehead atoms. The molecular formula is C15H20O. The second-order valence-corrected chi connectivity index (χ2v) is 4.41. The van der Waals surface area contributed by atoms with Gasteiger partial charge in [0.1, 0.15) is 5.75 Å². The zero-order valence-electron chi connectivity index (χ0n) is 9.99. The molecule has 0 heterocycles. The normalized spacial score (nSPS) is 23.2. The van der Waals surface area contributed by atoms with Crippen LogP contribution >= 0.6 is 0 Å². The minimum absolute atomic E-state index is 0.538. The zero-order chi connectivity index (χ0) is 11.2. The molecule has 86 valence electrons. The van der Waals surface area contributed by atoms with Crippen molar-refractivity contribution >= 4 is 0 Å². The third-order valence-electron chi connectivity index (χ3n) is 3.29. The minimum atomic E-state index is 0.538. The van der Waals surface area contributed by atoms with Crippen LogP contribution < -0.4 is 4.74 Å². The van der Waals surface area contributed by atoms with Gasteiger partial charge in [0, 0.05) is 11.5 Å². The van der Waals surface area contributed by atoms with Gasteiger partial charge in [0.15, 0.2) is 0 Å². The highest BCUT2D eigenvalue weighted by molar-refractivity contribution is 5.38. The summed E-state index contributed by atoms with van der Waals surface area (Å²) in [5, 5.41) is 0. The Morgan fingerprint density at radius 1 is 1.12 bits per heavy atom. The van der Waals surface area contributed by atoms with Crippen molar-refractivity contribution in [3.63, 3.8) is 0 Å². The van der Waals surface area contributed by atoms with Crippen molar-refractivity contribution in [2.45, 2.75) is 38.0 Å². The molecule has 0 aliphatic heterocycles. The maximum absolute atomic E-state index is 5.44. The number of methoxy groups -OCH3 is 1. The molecule has 2 rings (SSSR count). The lowest BCUT2D eigenvalue weighted by molar-refractivity contribution is 0.406. The Labute approximate surface area is 98.1 Å². The molecule has 0 saturated heterocycles. The van der Waals surface area contributed by atoms with Gasteiger partial charge in [0.05, 0.1) is 7.11 Å². The molecule has 1 aromatic rings. The lowest BCUT2D eigenvalue weighted by atomic mass is 9.90. The molecule has 1 aliphatic carbocycles. The van der Waals surface area contributed by atoms with E-state index in [-0.39, 0.29) is 0 Å². The Kier molecular flexibility index (Phi) is 4.03. The maximum atomic E-state index is 5.44. The number of allylic oxidation sites excluding steroid dienone is 2. The van der Waals surface area contributed by atoms with Gasteiger partial charge in [-0.05, 0) is 25.3 Å². The number of rotatable bonds is 2. The van der Waals surface area contributed by atoms with Crippen LogP contribution in [0.25, 0.3) is 0 Å². The van der Waals surface area contributed by atoms with Crippen molar-refractivity contribution in [2.24, 2.45) is 0 Å². The fourth-order valence-electron chi connectivity index (χ4n) is 2.39. The van der Waals surface area contributed by atoms with E-state index in [1.807, 2.05) is 6.07 Å². The van der Waals surface area contributed by atoms with Crippen molar-refractivity contribution in [1.82, 2.24) is 0 Å². The fraction of sp³-hybridized carbons (Fsp3) is 0.467. The molecule has 1 heteroatoms. The highest BCUT2D eigenvalue weighted by Crippen LogP contribution is 2.32. The first-order valence-electron chi connectivity index (χ1n) is 6.21. The second kappa shape index (κ2) is 5.74. The summed E-state index contributed by atoms with van der Waals surface area (Å²) in [6.07, 6.45) is 11.2. The van der Waals surface area contributed by atoms with Gasteiger partial charge in [-0.25, -0.2) is 0 Å². The molecule has 0 N–H and O–H groups in total. The van der Waals surface area contributed by atoms with Crippen molar-refractivity contribution in [3.05, 3.63) is 42.0 Å². The molecule has 0 aromatic heterocycles. The third-order valence-corrected chi connectivity index (χ3v) is 3.29. The van der Waals surface area contributed by atoms with Gasteiger partial charge >= 0.3 is 0 Å². The maximum Gasteiger partial charge on any atom is 0.122 e. The smallest absolute Gasteiger partial charge is 0.122 e. The Morgan fingerprint density at radius 2 is 2.00 bits per heavy atom. The second-order valence-electron chi connectivity index (χ2n) is 4.41. The molecule has 1 unspecified atom stereocenters. The summed E-state index contributed by atoms with van der Waals surface area (Å²) in [5.41, 5.74) is 1.34. The molecule has 0 fully saturated rings. The van der Waals surface area contributed by atoms with Gasteiger partial charge in [-0.3, -0.25) is 0 Å². The van der Waals surface area contributed by atoms with E-state index in [1.54, 1.807) is 7.11 Å². The average Bonchev–Trinajstić information content (AvgIpc) is 2.29. The van der Waals surface area contributed by atoms with Gasteiger partial charge in [0.2, 0.25) is 0 Å². The summed E-state index contributed by atoms with van der Waals surface area (Å²) in [4.78, 5) is 0. The summed E-state index contributed by atoms with van der Waals surface area (Å²) < 4.78 is 5.44. The van der Waals surface area contributed by atoms with E-state index in [1.165, 1.54) is 37.7 Å². The van der Waals surface area contributed by atoms with Gasteiger partial charge in [-0.1, -0.05) is 43.2 Å². The number of benzene rings is 1. The topological polar surface area (TPSA) is 9.23 Å². The molecule has 0 saturated carbocycles. The van der Waals surface area contributed by atoms with Crippen LogP contribution in [-0.4, -0.2) is 7.11 Å². The Balaban J connectivity index is 2.23. The first-order valence-corrected chi connectivity index (χ1v) is 6.21. The van der Waals surface area contributed by atoms with Crippen LogP contribution in [0.2, 0.25) is 0 Å². The van der Waals surface area contributed by atoms with Crippen LogP contribution in [0.1, 0.15) is 43.6 Å². The van der Waals surface area contributed by atoms with Gasteiger partial charge in [0.25, 0.3) is 0 Å². The molecule has 1 nitrogen and oxygen atoms in total. The highest BCUT2D eigenvalue weighted by Gasteiger charge is 2.13. The van der Waals surface area contributed by atoms with E-state index in [9.17, 15) is 0 Å². The predicted octanol–water partition coefficient (Wildman–Crippen LogP) is 4.30. The first-order chi connectivity index (χ1) is 7.92. The van der Waals surface area contributed by atoms with Gasteiger partial charge in [-0.15, -0.1) is 0 Å². The van der Waals surface area contributed by atoms with E-state index in [2.05, 4.69) is 30.4 Å². The lowest BCUT2D eigenvalue weighted by Crippen LogP contribution is -2.00. The number of para-hydroxylation sites is 1. The van der Waals surface area contributed by atoms with Crippen LogP contribution in [0.15, 0.2) is 36.4 Å². The standard InChI is InChI=1S/C15H20O/c1-16-15-12-8-7-11-14(15)13-9-5-3-2-4-6-10-13/h5,7-9,11-13H,2-4,6,10H2,1H3/b9-5-. The van der Waals surface area contributed by atoms with Crippen LogP contribution in [0.5, 0.6) is 5.75 Å². The van der Waals surface area contributed by atoms with Gasteiger partial charge < -0.3 is 4.74 Å². The van der Waals surface area contributed by atoms with Crippen LogP contribution in [0.4, 0.5) is 0 Å². The Bertz CT molecular complexity index is 354. The number of ether oxygens (including phenoxy) is 1. The summed E-state index contributed by atoms with van der Waals surface area (Å²) in [6.45, 7) is 0.